The Labute approximate surface area is 248 Å². The summed E-state index contributed by atoms with van der Waals surface area (Å²) in [5, 5.41) is 7.29. The van der Waals surface area contributed by atoms with E-state index in [9.17, 15) is 4.79 Å². The van der Waals surface area contributed by atoms with Crippen molar-refractivity contribution in [1.82, 2.24) is 14.9 Å². The summed E-state index contributed by atoms with van der Waals surface area (Å²) >= 11 is 6.00. The molecule has 1 fully saturated rings. The number of amides is 1. The Morgan fingerprint density at radius 2 is 1.66 bits per heavy atom. The lowest BCUT2D eigenvalue weighted by atomic mass is 9.96. The van der Waals surface area contributed by atoms with Crippen molar-refractivity contribution in [2.75, 3.05) is 10.2 Å². The van der Waals surface area contributed by atoms with E-state index in [2.05, 4.69) is 85.1 Å². The molecule has 0 bridgehead atoms. The summed E-state index contributed by atoms with van der Waals surface area (Å²) in [7, 11) is 0. The van der Waals surface area contributed by atoms with E-state index in [0.717, 1.165) is 22.6 Å². The highest BCUT2D eigenvalue weighted by molar-refractivity contribution is 7.80. The molecule has 2 atom stereocenters. The molecule has 3 heterocycles. The van der Waals surface area contributed by atoms with Crippen LogP contribution in [0.15, 0.2) is 60.8 Å². The van der Waals surface area contributed by atoms with E-state index in [1.54, 1.807) is 0 Å². The van der Waals surface area contributed by atoms with Gasteiger partial charge in [-0.1, -0.05) is 37.6 Å². The van der Waals surface area contributed by atoms with Gasteiger partial charge in [-0.05, 0) is 112 Å². The predicted molar refractivity (Wildman–Crippen MR) is 172 cm³/mol. The van der Waals surface area contributed by atoms with Crippen LogP contribution in [0.3, 0.4) is 0 Å². The summed E-state index contributed by atoms with van der Waals surface area (Å²) < 4.78 is 2.38. The number of benzene rings is 2. The zero-order chi connectivity index (χ0) is 29.6. The highest BCUT2D eigenvalue weighted by Crippen LogP contribution is 2.44. The van der Waals surface area contributed by atoms with E-state index in [1.807, 2.05) is 51.2 Å². The van der Waals surface area contributed by atoms with Crippen LogP contribution >= 0.6 is 12.2 Å². The Morgan fingerprint density at radius 1 is 0.951 bits per heavy atom. The van der Waals surface area contributed by atoms with E-state index in [-0.39, 0.29) is 23.9 Å². The van der Waals surface area contributed by atoms with Gasteiger partial charge < -0.3 is 20.1 Å². The third kappa shape index (κ3) is 5.26. The SMILES string of the molecule is Cc1cc(C)c(-n2c(C)cc([C@@H]3[C@@H](c4ccccn4)NC(=S)N3c3ccc(NC(=O)C(C)C)c(C)c3)c2C)c(C)c1. The molecule has 2 aromatic heterocycles. The monoisotopic (exact) mass is 565 g/mol. The topological polar surface area (TPSA) is 62.2 Å². The van der Waals surface area contributed by atoms with Crippen LogP contribution in [0.2, 0.25) is 0 Å². The maximum Gasteiger partial charge on any atom is 0.226 e. The first kappa shape index (κ1) is 28.6. The van der Waals surface area contributed by atoms with Gasteiger partial charge in [0.15, 0.2) is 5.11 Å². The minimum absolute atomic E-state index is 0.00133. The Balaban J connectivity index is 1.65. The maximum absolute atomic E-state index is 12.4. The molecule has 7 heteroatoms. The fourth-order valence-electron chi connectivity index (χ4n) is 6.12. The molecule has 4 aromatic rings. The van der Waals surface area contributed by atoms with Gasteiger partial charge in [-0.2, -0.15) is 0 Å². The fraction of sp³-hybridized carbons (Fsp3) is 0.324. The normalized spacial score (nSPS) is 16.8. The summed E-state index contributed by atoms with van der Waals surface area (Å²) in [5.74, 6) is -0.0922. The average Bonchev–Trinajstić information content (AvgIpc) is 3.40. The number of carbonyl (C=O) groups excluding carboxylic acids is 1. The average molecular weight is 566 g/mol. The zero-order valence-corrected chi connectivity index (χ0v) is 26.0. The van der Waals surface area contributed by atoms with Gasteiger partial charge in [0, 0.05) is 34.9 Å². The van der Waals surface area contributed by atoms with Crippen molar-refractivity contribution in [3.8, 4) is 5.69 Å². The molecule has 0 aliphatic carbocycles. The molecule has 1 saturated heterocycles. The van der Waals surface area contributed by atoms with E-state index >= 15 is 0 Å². The van der Waals surface area contributed by atoms with Crippen LogP contribution in [-0.4, -0.2) is 20.6 Å². The molecule has 41 heavy (non-hydrogen) atoms. The zero-order valence-electron chi connectivity index (χ0n) is 25.2. The molecule has 0 unspecified atom stereocenters. The van der Waals surface area contributed by atoms with Crippen LogP contribution in [0.4, 0.5) is 11.4 Å². The lowest BCUT2D eigenvalue weighted by Gasteiger charge is -2.29. The number of anilines is 2. The van der Waals surface area contributed by atoms with Gasteiger partial charge in [0.05, 0.1) is 23.5 Å². The van der Waals surface area contributed by atoms with Crippen LogP contribution < -0.4 is 15.5 Å². The predicted octanol–water partition coefficient (Wildman–Crippen LogP) is 7.49. The first-order valence-corrected chi connectivity index (χ1v) is 14.6. The Kier molecular flexibility index (Phi) is 7.75. The van der Waals surface area contributed by atoms with Gasteiger partial charge in [-0.15, -0.1) is 0 Å². The molecule has 2 aromatic carbocycles. The van der Waals surface area contributed by atoms with Crippen LogP contribution in [0.25, 0.3) is 5.69 Å². The van der Waals surface area contributed by atoms with Crippen molar-refractivity contribution in [3.63, 3.8) is 0 Å². The van der Waals surface area contributed by atoms with Crippen LogP contribution in [-0.2, 0) is 4.79 Å². The molecule has 1 amide bonds. The standard InChI is InChI=1S/C34H39N5OS/c1-19(2)33(40)36-28-13-12-26(17-21(28)4)39-32(30(37-34(39)41)29-11-9-10-14-35-29)27-18-24(7)38(25(27)8)31-22(5)15-20(3)16-23(31)6/h9-19,30,32H,1-8H3,(H,36,40)(H,37,41)/t30-,32-/m1/s1. The molecule has 1 aliphatic heterocycles. The van der Waals surface area contributed by atoms with Gasteiger partial charge in [-0.25, -0.2) is 0 Å². The first-order chi connectivity index (χ1) is 19.5. The van der Waals surface area contributed by atoms with E-state index in [4.69, 9.17) is 17.2 Å². The third-order valence-corrected chi connectivity index (χ3v) is 8.33. The molecule has 0 radical (unpaired) electrons. The molecule has 0 saturated carbocycles. The second-order valence-corrected chi connectivity index (χ2v) is 11.9. The van der Waals surface area contributed by atoms with Crippen molar-refractivity contribution in [2.45, 2.75) is 67.5 Å². The van der Waals surface area contributed by atoms with E-state index in [1.165, 1.54) is 39.3 Å². The van der Waals surface area contributed by atoms with Crippen molar-refractivity contribution < 1.29 is 4.79 Å². The van der Waals surface area contributed by atoms with Gasteiger partial charge in [0.2, 0.25) is 5.91 Å². The number of hydrogen-bond donors (Lipinski definition) is 2. The number of nitrogens with zero attached hydrogens (tertiary/aromatic N) is 3. The molecule has 2 N–H and O–H groups in total. The molecule has 0 spiro atoms. The second kappa shape index (κ2) is 11.1. The molecular formula is C34H39N5OS. The highest BCUT2D eigenvalue weighted by Gasteiger charge is 2.42. The Hall–Kier alpha value is -3.97. The number of thiocarbonyl (C=S) groups is 1. The molecule has 1 aliphatic rings. The van der Waals surface area contributed by atoms with Crippen molar-refractivity contribution in [1.29, 1.82) is 0 Å². The minimum atomic E-state index is -0.140. The third-order valence-electron chi connectivity index (χ3n) is 8.02. The Morgan fingerprint density at radius 3 is 2.27 bits per heavy atom. The van der Waals surface area contributed by atoms with Gasteiger partial charge >= 0.3 is 0 Å². The van der Waals surface area contributed by atoms with Crippen LogP contribution in [0.1, 0.15) is 70.8 Å². The summed E-state index contributed by atoms with van der Waals surface area (Å²) in [5.41, 5.74) is 12.3. The number of rotatable bonds is 6. The molecule has 6 nitrogen and oxygen atoms in total. The first-order valence-electron chi connectivity index (χ1n) is 14.2. The van der Waals surface area contributed by atoms with Crippen LogP contribution in [0, 0.1) is 47.5 Å². The summed E-state index contributed by atoms with van der Waals surface area (Å²) in [6.45, 7) is 16.7. The number of nitrogens with one attached hydrogen (secondary N) is 2. The van der Waals surface area contributed by atoms with Gasteiger partial charge in [-0.3, -0.25) is 9.78 Å². The largest absolute Gasteiger partial charge is 0.351 e. The maximum atomic E-state index is 12.4. The molecule has 212 valence electrons. The summed E-state index contributed by atoms with van der Waals surface area (Å²) in [6.07, 6.45) is 1.83. The lowest BCUT2D eigenvalue weighted by Crippen LogP contribution is -2.29. The molecule has 5 rings (SSSR count). The number of aryl methyl sites for hydroxylation is 5. The summed E-state index contributed by atoms with van der Waals surface area (Å²) in [6, 6.07) is 18.7. The lowest BCUT2D eigenvalue weighted by molar-refractivity contribution is -0.118. The molecular weight excluding hydrogens is 526 g/mol. The van der Waals surface area contributed by atoms with Crippen LogP contribution in [0.5, 0.6) is 0 Å². The smallest absolute Gasteiger partial charge is 0.226 e. The summed E-state index contributed by atoms with van der Waals surface area (Å²) in [4.78, 5) is 19.3. The highest BCUT2D eigenvalue weighted by atomic mass is 32.1. The van der Waals surface area contributed by atoms with Crippen molar-refractivity contribution in [2.24, 2.45) is 5.92 Å². The number of hydrogen-bond acceptors (Lipinski definition) is 3. The number of aromatic nitrogens is 2. The Bertz CT molecular complexity index is 1620. The van der Waals surface area contributed by atoms with E-state index in [0.29, 0.717) is 5.11 Å². The van der Waals surface area contributed by atoms with Gasteiger partial charge in [0.25, 0.3) is 0 Å². The van der Waals surface area contributed by atoms with E-state index < -0.39 is 0 Å². The number of pyridine rings is 1. The fourth-order valence-corrected chi connectivity index (χ4v) is 6.47. The quantitative estimate of drug-likeness (QED) is 0.237. The van der Waals surface area contributed by atoms with Crippen molar-refractivity contribution in [3.05, 3.63) is 106 Å². The second-order valence-electron chi connectivity index (χ2n) is 11.5. The number of carbonyl (C=O) groups is 1. The van der Waals surface area contributed by atoms with Crippen molar-refractivity contribution >= 4 is 34.6 Å². The minimum Gasteiger partial charge on any atom is -0.351 e. The van der Waals surface area contributed by atoms with Gasteiger partial charge in [0.1, 0.15) is 0 Å².